The lowest BCUT2D eigenvalue weighted by atomic mass is 9.91. The highest BCUT2D eigenvalue weighted by molar-refractivity contribution is 5.51. The molecule has 0 saturated carbocycles. The number of rotatable bonds is 3. The molecule has 0 unspecified atom stereocenters. The molecule has 0 amide bonds. The van der Waals surface area contributed by atoms with Gasteiger partial charge in [0, 0.05) is 39.6 Å². The lowest BCUT2D eigenvalue weighted by molar-refractivity contribution is -0.123. The molecule has 0 bridgehead atoms. The van der Waals surface area contributed by atoms with Crippen molar-refractivity contribution in [3.05, 3.63) is 0 Å². The average Bonchev–Trinajstić information content (AvgIpc) is 2.07. The van der Waals surface area contributed by atoms with Crippen LogP contribution in [0.15, 0.2) is 0 Å². The highest BCUT2D eigenvalue weighted by atomic mass is 16.5. The van der Waals surface area contributed by atoms with E-state index in [0.717, 1.165) is 19.1 Å². The van der Waals surface area contributed by atoms with Gasteiger partial charge in [-0.1, -0.05) is 0 Å². The maximum Gasteiger partial charge on any atom is 0.122 e. The quantitative estimate of drug-likeness (QED) is 0.569. The van der Waals surface area contributed by atoms with Crippen LogP contribution in [0.5, 0.6) is 0 Å². The van der Waals surface area contributed by atoms with E-state index in [2.05, 4.69) is 0 Å². The largest absolute Gasteiger partial charge is 0.381 e. The van der Waals surface area contributed by atoms with Crippen LogP contribution in [0.1, 0.15) is 19.3 Å². The number of hydrogen-bond donors (Lipinski definition) is 0. The summed E-state index contributed by atoms with van der Waals surface area (Å²) in [4.78, 5) is 10.3. The zero-order chi connectivity index (χ0) is 8.16. The molecule has 1 aliphatic heterocycles. The normalized spacial score (nSPS) is 23.0. The molecule has 0 atom stereocenters. The Hall–Kier alpha value is -0.410. The Morgan fingerprint density at radius 1 is 1.55 bits per heavy atom. The predicted octanol–water partition coefficient (Wildman–Crippen LogP) is 0.771. The van der Waals surface area contributed by atoms with Crippen molar-refractivity contribution in [3.8, 4) is 0 Å². The summed E-state index contributed by atoms with van der Waals surface area (Å²) < 4.78 is 10.5. The van der Waals surface area contributed by atoms with Gasteiger partial charge >= 0.3 is 0 Å². The minimum absolute atomic E-state index is 0.222. The highest BCUT2D eigenvalue weighted by Gasteiger charge is 2.31. The average molecular weight is 158 g/mol. The van der Waals surface area contributed by atoms with Gasteiger partial charge < -0.3 is 14.3 Å². The standard InChI is InChI=1S/C8H14O3/c1-10-8(2-5-9)3-6-11-7-4-8/h5H,2-4,6-7H2,1H3. The molecule has 0 radical (unpaired) electrons. The van der Waals surface area contributed by atoms with Crippen LogP contribution in [0.2, 0.25) is 0 Å². The van der Waals surface area contributed by atoms with Gasteiger partial charge in [0.2, 0.25) is 0 Å². The number of aldehydes is 1. The topological polar surface area (TPSA) is 35.5 Å². The van der Waals surface area contributed by atoms with Gasteiger partial charge in [0.15, 0.2) is 0 Å². The van der Waals surface area contributed by atoms with Crippen LogP contribution in [-0.4, -0.2) is 32.2 Å². The van der Waals surface area contributed by atoms with Crippen molar-refractivity contribution < 1.29 is 14.3 Å². The molecule has 3 nitrogen and oxygen atoms in total. The van der Waals surface area contributed by atoms with Crippen molar-refractivity contribution in [1.82, 2.24) is 0 Å². The molecule has 1 rings (SSSR count). The fourth-order valence-corrected chi connectivity index (χ4v) is 1.39. The fourth-order valence-electron chi connectivity index (χ4n) is 1.39. The van der Waals surface area contributed by atoms with Crippen molar-refractivity contribution in [3.63, 3.8) is 0 Å². The summed E-state index contributed by atoms with van der Waals surface area (Å²) in [6, 6.07) is 0. The molecule has 1 heterocycles. The molecule has 1 fully saturated rings. The number of carbonyl (C=O) groups is 1. The van der Waals surface area contributed by atoms with Gasteiger partial charge in [-0.25, -0.2) is 0 Å². The van der Waals surface area contributed by atoms with E-state index in [0.29, 0.717) is 19.6 Å². The smallest absolute Gasteiger partial charge is 0.122 e. The number of methoxy groups -OCH3 is 1. The second-order valence-corrected chi connectivity index (χ2v) is 2.87. The van der Waals surface area contributed by atoms with Gasteiger partial charge in [0.05, 0.1) is 5.60 Å². The van der Waals surface area contributed by atoms with E-state index in [1.165, 1.54) is 0 Å². The van der Waals surface area contributed by atoms with E-state index in [9.17, 15) is 4.79 Å². The number of carbonyl (C=O) groups excluding carboxylic acids is 1. The summed E-state index contributed by atoms with van der Waals surface area (Å²) in [6.07, 6.45) is 3.09. The fraction of sp³-hybridized carbons (Fsp3) is 0.875. The Labute approximate surface area is 66.7 Å². The summed E-state index contributed by atoms with van der Waals surface area (Å²) in [5, 5.41) is 0. The SMILES string of the molecule is COC1(CC=O)CCOCC1. The van der Waals surface area contributed by atoms with Crippen molar-refractivity contribution in [2.75, 3.05) is 20.3 Å². The molecule has 1 aliphatic rings. The van der Waals surface area contributed by atoms with E-state index in [1.54, 1.807) is 7.11 Å². The van der Waals surface area contributed by atoms with Crippen LogP contribution < -0.4 is 0 Å². The van der Waals surface area contributed by atoms with Gasteiger partial charge in [-0.3, -0.25) is 0 Å². The molecular formula is C8H14O3. The van der Waals surface area contributed by atoms with E-state index < -0.39 is 0 Å². The minimum Gasteiger partial charge on any atom is -0.381 e. The molecule has 0 aromatic carbocycles. The molecule has 0 aromatic rings. The first-order chi connectivity index (χ1) is 5.33. The van der Waals surface area contributed by atoms with Gasteiger partial charge in [-0.2, -0.15) is 0 Å². The third-order valence-electron chi connectivity index (χ3n) is 2.29. The Morgan fingerprint density at radius 2 is 2.18 bits per heavy atom. The lowest BCUT2D eigenvalue weighted by Crippen LogP contribution is -2.38. The zero-order valence-corrected chi connectivity index (χ0v) is 6.84. The third-order valence-corrected chi connectivity index (χ3v) is 2.29. The van der Waals surface area contributed by atoms with Crippen LogP contribution >= 0.6 is 0 Å². The first-order valence-corrected chi connectivity index (χ1v) is 3.89. The Bertz CT molecular complexity index is 127. The maximum absolute atomic E-state index is 10.3. The maximum atomic E-state index is 10.3. The first kappa shape index (κ1) is 8.68. The molecule has 11 heavy (non-hydrogen) atoms. The van der Waals surface area contributed by atoms with Crippen LogP contribution in [0, 0.1) is 0 Å². The second-order valence-electron chi connectivity index (χ2n) is 2.87. The molecule has 64 valence electrons. The molecule has 0 aromatic heterocycles. The highest BCUT2D eigenvalue weighted by Crippen LogP contribution is 2.26. The van der Waals surface area contributed by atoms with E-state index in [-0.39, 0.29) is 5.60 Å². The predicted molar refractivity (Wildman–Crippen MR) is 40.5 cm³/mol. The Morgan fingerprint density at radius 3 is 2.64 bits per heavy atom. The lowest BCUT2D eigenvalue weighted by Gasteiger charge is -2.34. The van der Waals surface area contributed by atoms with E-state index in [1.807, 2.05) is 0 Å². The third kappa shape index (κ3) is 2.01. The summed E-state index contributed by atoms with van der Waals surface area (Å²) in [5.41, 5.74) is -0.222. The number of hydrogen-bond acceptors (Lipinski definition) is 3. The van der Waals surface area contributed by atoms with Crippen LogP contribution in [-0.2, 0) is 14.3 Å². The molecule has 1 saturated heterocycles. The molecular weight excluding hydrogens is 144 g/mol. The van der Waals surface area contributed by atoms with Crippen molar-refractivity contribution in [2.45, 2.75) is 24.9 Å². The molecule has 0 aliphatic carbocycles. The first-order valence-electron chi connectivity index (χ1n) is 3.89. The molecule has 0 N–H and O–H groups in total. The summed E-state index contributed by atoms with van der Waals surface area (Å²) >= 11 is 0. The van der Waals surface area contributed by atoms with Gasteiger partial charge in [-0.05, 0) is 0 Å². The Balaban J connectivity index is 2.49. The molecule has 0 spiro atoms. The minimum atomic E-state index is -0.222. The second kappa shape index (κ2) is 3.83. The van der Waals surface area contributed by atoms with Gasteiger partial charge in [0.25, 0.3) is 0 Å². The van der Waals surface area contributed by atoms with Crippen molar-refractivity contribution >= 4 is 6.29 Å². The number of ether oxygens (including phenoxy) is 2. The monoisotopic (exact) mass is 158 g/mol. The van der Waals surface area contributed by atoms with Crippen LogP contribution in [0.25, 0.3) is 0 Å². The summed E-state index contributed by atoms with van der Waals surface area (Å²) in [6.45, 7) is 1.42. The van der Waals surface area contributed by atoms with Crippen molar-refractivity contribution in [2.24, 2.45) is 0 Å². The summed E-state index contributed by atoms with van der Waals surface area (Å²) in [5.74, 6) is 0. The van der Waals surface area contributed by atoms with Crippen LogP contribution in [0.4, 0.5) is 0 Å². The van der Waals surface area contributed by atoms with Gasteiger partial charge in [0.1, 0.15) is 6.29 Å². The van der Waals surface area contributed by atoms with Gasteiger partial charge in [-0.15, -0.1) is 0 Å². The van der Waals surface area contributed by atoms with E-state index in [4.69, 9.17) is 9.47 Å². The van der Waals surface area contributed by atoms with Crippen molar-refractivity contribution in [1.29, 1.82) is 0 Å². The molecule has 3 heteroatoms. The zero-order valence-electron chi connectivity index (χ0n) is 6.84. The Kier molecular flexibility index (Phi) is 3.02. The summed E-state index contributed by atoms with van der Waals surface area (Å²) in [7, 11) is 1.66. The van der Waals surface area contributed by atoms with E-state index >= 15 is 0 Å². The van der Waals surface area contributed by atoms with Crippen LogP contribution in [0.3, 0.4) is 0 Å².